The molecule has 2 atom stereocenters. The molecule has 0 spiro atoms. The molecule has 22 heavy (non-hydrogen) atoms. The fourth-order valence-electron chi connectivity index (χ4n) is 3.12. The van der Waals surface area contributed by atoms with Gasteiger partial charge in [0.15, 0.2) is 12.5 Å². The van der Waals surface area contributed by atoms with Gasteiger partial charge < -0.3 is 4.90 Å². The molecule has 0 saturated carbocycles. The van der Waals surface area contributed by atoms with Crippen molar-refractivity contribution in [3.8, 4) is 10.7 Å². The first kappa shape index (κ1) is 14.3. The molecule has 4 heterocycles. The van der Waals surface area contributed by atoms with E-state index in [9.17, 15) is 0 Å². The Balaban J connectivity index is 1.57. The third kappa shape index (κ3) is 2.69. The first-order chi connectivity index (χ1) is 10.8. The highest BCUT2D eigenvalue weighted by Crippen LogP contribution is 2.24. The Morgan fingerprint density at radius 1 is 1.32 bits per heavy atom. The molecule has 3 aromatic heterocycles. The lowest BCUT2D eigenvalue weighted by atomic mass is 10.2. The highest BCUT2D eigenvalue weighted by molar-refractivity contribution is 7.71. The van der Waals surface area contributed by atoms with Gasteiger partial charge in [0.25, 0.3) is 0 Å². The van der Waals surface area contributed by atoms with Gasteiger partial charge in [0.1, 0.15) is 6.04 Å². The van der Waals surface area contributed by atoms with Crippen LogP contribution in [0.5, 0.6) is 0 Å². The molecule has 0 aliphatic carbocycles. The van der Waals surface area contributed by atoms with E-state index in [0.29, 0.717) is 10.8 Å². The van der Waals surface area contributed by atoms with Gasteiger partial charge in [-0.2, -0.15) is 4.98 Å². The summed E-state index contributed by atoms with van der Waals surface area (Å²) < 4.78 is 2.67. The summed E-state index contributed by atoms with van der Waals surface area (Å²) in [6, 6.07) is 9.10. The smallest absolute Gasteiger partial charge is 0.221 e. The number of quaternary nitrogens is 1. The Kier molecular flexibility index (Phi) is 3.96. The number of nitrogens with one attached hydrogen (secondary N) is 2. The Morgan fingerprint density at radius 2 is 2.18 bits per heavy atom. The van der Waals surface area contributed by atoms with E-state index in [1.807, 2.05) is 22.1 Å². The Hall–Kier alpha value is -1.28. The first-order valence-electron chi connectivity index (χ1n) is 7.40. The summed E-state index contributed by atoms with van der Waals surface area (Å²) in [5, 5.41) is 7.60. The monoisotopic (exact) mass is 349 g/mol. The summed E-state index contributed by atoms with van der Waals surface area (Å²) in [6.07, 6.45) is 2.53. The standard InChI is InChI=1S/C15H16N4S3/c20-15-16-14(13-6-3-9-22-13)17-19(15)10-18-7-1-4-11(18)12-5-2-8-21-12/h2-3,5-6,8-9,11H,1,4,7,10H2,(H,16,17,20)/p+1/t11-/m0/s1. The molecule has 0 radical (unpaired) electrons. The van der Waals surface area contributed by atoms with Crippen molar-refractivity contribution in [2.45, 2.75) is 25.6 Å². The molecule has 0 bridgehead atoms. The van der Waals surface area contributed by atoms with Gasteiger partial charge in [-0.25, -0.2) is 4.68 Å². The molecule has 4 nitrogen and oxygen atoms in total. The lowest BCUT2D eigenvalue weighted by molar-refractivity contribution is -0.941. The van der Waals surface area contributed by atoms with Gasteiger partial charge in [-0.05, 0) is 35.1 Å². The summed E-state index contributed by atoms with van der Waals surface area (Å²) in [5.74, 6) is 0.881. The number of thiophene rings is 2. The number of likely N-dealkylation sites (tertiary alicyclic amines) is 1. The zero-order chi connectivity index (χ0) is 14.9. The average Bonchev–Trinajstić information content (AvgIpc) is 3.27. The van der Waals surface area contributed by atoms with Crippen molar-refractivity contribution < 1.29 is 4.90 Å². The van der Waals surface area contributed by atoms with Crippen LogP contribution in [0.4, 0.5) is 0 Å². The second-order valence-corrected chi connectivity index (χ2v) is 7.83. The minimum atomic E-state index is 0.593. The van der Waals surface area contributed by atoms with Crippen molar-refractivity contribution in [1.29, 1.82) is 0 Å². The van der Waals surface area contributed by atoms with E-state index in [0.717, 1.165) is 17.4 Å². The van der Waals surface area contributed by atoms with E-state index >= 15 is 0 Å². The van der Waals surface area contributed by atoms with Gasteiger partial charge in [-0.1, -0.05) is 12.1 Å². The number of aromatic amines is 1. The predicted molar refractivity (Wildman–Crippen MR) is 92.8 cm³/mol. The normalized spacial score (nSPS) is 21.5. The first-order valence-corrected chi connectivity index (χ1v) is 9.57. The second kappa shape index (κ2) is 6.08. The van der Waals surface area contributed by atoms with Crippen molar-refractivity contribution >= 4 is 34.9 Å². The van der Waals surface area contributed by atoms with Crippen LogP contribution in [0.2, 0.25) is 0 Å². The zero-order valence-electron chi connectivity index (χ0n) is 12.0. The van der Waals surface area contributed by atoms with Crippen molar-refractivity contribution in [3.05, 3.63) is 44.7 Å². The quantitative estimate of drug-likeness (QED) is 0.710. The highest BCUT2D eigenvalue weighted by atomic mass is 32.1. The summed E-state index contributed by atoms with van der Waals surface area (Å²) in [7, 11) is 0. The van der Waals surface area contributed by atoms with E-state index < -0.39 is 0 Å². The topological polar surface area (TPSA) is 38.0 Å². The third-order valence-corrected chi connectivity index (χ3v) is 6.34. The fraction of sp³-hybridized carbons (Fsp3) is 0.333. The molecule has 4 rings (SSSR count). The summed E-state index contributed by atoms with van der Waals surface area (Å²) in [5.41, 5.74) is 0. The van der Waals surface area contributed by atoms with Gasteiger partial charge >= 0.3 is 0 Å². The predicted octanol–water partition coefficient (Wildman–Crippen LogP) is 3.11. The van der Waals surface area contributed by atoms with Crippen molar-refractivity contribution in [3.63, 3.8) is 0 Å². The van der Waals surface area contributed by atoms with Crippen LogP contribution in [0, 0.1) is 4.77 Å². The van der Waals surface area contributed by atoms with Crippen molar-refractivity contribution in [1.82, 2.24) is 14.8 Å². The number of rotatable bonds is 4. The molecule has 0 aromatic carbocycles. The van der Waals surface area contributed by atoms with Crippen molar-refractivity contribution in [2.24, 2.45) is 0 Å². The van der Waals surface area contributed by atoms with Gasteiger partial charge in [-0.15, -0.1) is 22.7 Å². The average molecular weight is 350 g/mol. The van der Waals surface area contributed by atoms with Gasteiger partial charge in [0.05, 0.1) is 16.3 Å². The number of aromatic nitrogens is 3. The molecular formula is C15H17N4S3+. The van der Waals surface area contributed by atoms with Crippen LogP contribution in [0.25, 0.3) is 10.7 Å². The third-order valence-electron chi connectivity index (χ3n) is 4.17. The van der Waals surface area contributed by atoms with E-state index in [-0.39, 0.29) is 0 Å². The fourth-order valence-corrected chi connectivity index (χ4v) is 4.91. The maximum absolute atomic E-state index is 5.43. The number of H-pyrrole nitrogens is 1. The maximum Gasteiger partial charge on any atom is 0.221 e. The summed E-state index contributed by atoms with van der Waals surface area (Å²) in [4.78, 5) is 8.69. The lowest BCUT2D eigenvalue weighted by Gasteiger charge is -2.20. The van der Waals surface area contributed by atoms with E-state index in [1.54, 1.807) is 16.2 Å². The summed E-state index contributed by atoms with van der Waals surface area (Å²) in [6.45, 7) is 2.05. The van der Waals surface area contributed by atoms with Gasteiger partial charge in [0, 0.05) is 12.8 Å². The SMILES string of the molecule is S=c1nc(-c2cccs2)[nH]n1C[NH+]1CCC[C@H]1c1cccs1. The van der Waals surface area contributed by atoms with Crippen LogP contribution in [0.3, 0.4) is 0 Å². The molecule has 1 fully saturated rings. The van der Waals surface area contributed by atoms with Gasteiger partial charge in [-0.3, -0.25) is 5.10 Å². The minimum Gasteiger partial charge on any atom is -0.309 e. The number of hydrogen-bond acceptors (Lipinski definition) is 4. The van der Waals surface area contributed by atoms with Gasteiger partial charge in [0.2, 0.25) is 4.77 Å². The molecule has 114 valence electrons. The molecule has 1 unspecified atom stereocenters. The Bertz CT molecular complexity index is 785. The minimum absolute atomic E-state index is 0.593. The summed E-state index contributed by atoms with van der Waals surface area (Å²) >= 11 is 8.98. The molecular weight excluding hydrogens is 332 g/mol. The molecule has 7 heteroatoms. The molecule has 0 amide bonds. The van der Waals surface area contributed by atoms with E-state index in [4.69, 9.17) is 12.2 Å². The Labute approximate surface area is 142 Å². The van der Waals surface area contributed by atoms with Crippen LogP contribution >= 0.6 is 34.9 Å². The number of nitrogens with zero attached hydrogens (tertiary/aromatic N) is 2. The molecule has 1 saturated heterocycles. The van der Waals surface area contributed by atoms with Crippen LogP contribution in [0.1, 0.15) is 23.8 Å². The molecule has 1 aliphatic heterocycles. The van der Waals surface area contributed by atoms with Crippen LogP contribution < -0.4 is 4.90 Å². The zero-order valence-corrected chi connectivity index (χ0v) is 14.4. The van der Waals surface area contributed by atoms with Crippen molar-refractivity contribution in [2.75, 3.05) is 6.54 Å². The van der Waals surface area contributed by atoms with E-state index in [1.165, 1.54) is 24.3 Å². The van der Waals surface area contributed by atoms with Crippen LogP contribution in [0.15, 0.2) is 35.0 Å². The molecule has 2 N–H and O–H groups in total. The van der Waals surface area contributed by atoms with Crippen LogP contribution in [-0.2, 0) is 6.67 Å². The van der Waals surface area contributed by atoms with Crippen LogP contribution in [-0.4, -0.2) is 21.3 Å². The second-order valence-electron chi connectivity index (χ2n) is 5.54. The molecule has 3 aromatic rings. The number of hydrogen-bond donors (Lipinski definition) is 2. The van der Waals surface area contributed by atoms with E-state index in [2.05, 4.69) is 39.0 Å². The Morgan fingerprint density at radius 3 is 2.95 bits per heavy atom. The largest absolute Gasteiger partial charge is 0.309 e. The highest BCUT2D eigenvalue weighted by Gasteiger charge is 2.31. The molecule has 1 aliphatic rings. The maximum atomic E-state index is 5.43. The lowest BCUT2D eigenvalue weighted by Crippen LogP contribution is -3.09.